The van der Waals surface area contributed by atoms with Crippen molar-refractivity contribution in [2.45, 2.75) is 13.0 Å². The molecule has 1 aliphatic heterocycles. The van der Waals surface area contributed by atoms with Gasteiger partial charge in [0.15, 0.2) is 6.04 Å². The monoisotopic (exact) mass is 115 g/mol. The highest BCUT2D eigenvalue weighted by Gasteiger charge is 2.22. The number of nitrogens with zero attached hydrogens (tertiary/aromatic N) is 1. The fraction of sp³-hybridized carbons (Fsp3) is 1.00. The van der Waals surface area contributed by atoms with Gasteiger partial charge in [0.2, 0.25) is 0 Å². The van der Waals surface area contributed by atoms with E-state index in [0.717, 1.165) is 19.8 Å². The second-order valence-corrected chi connectivity index (χ2v) is 2.40. The smallest absolute Gasteiger partial charge is 0.153 e. The van der Waals surface area contributed by atoms with Crippen LogP contribution in [-0.4, -0.2) is 32.8 Å². The highest BCUT2D eigenvalue weighted by Crippen LogP contribution is 1.97. The largest absolute Gasteiger partial charge is 0.369 e. The van der Waals surface area contributed by atoms with Crippen molar-refractivity contribution in [3.05, 3.63) is 0 Å². The van der Waals surface area contributed by atoms with Crippen molar-refractivity contribution < 1.29 is 4.74 Å². The highest BCUT2D eigenvalue weighted by molar-refractivity contribution is 4.70. The summed E-state index contributed by atoms with van der Waals surface area (Å²) in [5.74, 6) is 0. The Morgan fingerprint density at radius 1 is 1.62 bits per heavy atom. The molecule has 0 aromatic carbocycles. The molecule has 1 atom stereocenters. The molecule has 0 saturated carbocycles. The Balaban J connectivity index is 2.28. The first-order chi connectivity index (χ1) is 3.80. The first kappa shape index (κ1) is 6.05. The molecule has 1 saturated heterocycles. The summed E-state index contributed by atoms with van der Waals surface area (Å²) in [4.78, 5) is 2.31. The normalized spacial score (nSPS) is 33.0. The van der Waals surface area contributed by atoms with Crippen LogP contribution < -0.4 is 4.90 Å². The van der Waals surface area contributed by atoms with E-state index in [1.54, 1.807) is 0 Å². The lowest BCUT2D eigenvalue weighted by molar-refractivity contribution is 0.0512. The second-order valence-electron chi connectivity index (χ2n) is 2.40. The maximum Gasteiger partial charge on any atom is 0.153 e. The van der Waals surface area contributed by atoms with Crippen LogP contribution in [0.15, 0.2) is 0 Å². The molecule has 1 rings (SSSR count). The quantitative estimate of drug-likeness (QED) is 0.411. The molecule has 47 valence electrons. The van der Waals surface area contributed by atoms with Gasteiger partial charge in [-0.1, -0.05) is 0 Å². The van der Waals surface area contributed by atoms with Gasteiger partial charge in [0.1, 0.15) is 26.8 Å². The zero-order valence-electron chi connectivity index (χ0n) is 5.55. The van der Waals surface area contributed by atoms with Gasteiger partial charge in [-0.05, 0) is 6.92 Å². The minimum Gasteiger partial charge on any atom is -0.369 e. The summed E-state index contributed by atoms with van der Waals surface area (Å²) in [6, 6.07) is 0.615. The van der Waals surface area contributed by atoms with Crippen molar-refractivity contribution in [1.29, 1.82) is 0 Å². The third-order valence-corrected chi connectivity index (χ3v) is 1.70. The van der Waals surface area contributed by atoms with Gasteiger partial charge in [-0.15, -0.1) is 0 Å². The molecule has 8 heavy (non-hydrogen) atoms. The predicted octanol–water partition coefficient (Wildman–Crippen LogP) is 0.175. The molecular formula is C6H13NO+. The first-order valence-corrected chi connectivity index (χ1v) is 3.08. The van der Waals surface area contributed by atoms with Crippen molar-refractivity contribution in [3.63, 3.8) is 0 Å². The summed E-state index contributed by atoms with van der Waals surface area (Å²) in [6.45, 7) is 5.07. The van der Waals surface area contributed by atoms with Crippen LogP contribution in [0, 0.1) is 0 Å². The van der Waals surface area contributed by atoms with Crippen LogP contribution in [0.2, 0.25) is 0 Å². The number of hydrogen-bond donors (Lipinski definition) is 0. The van der Waals surface area contributed by atoms with E-state index in [4.69, 9.17) is 4.74 Å². The van der Waals surface area contributed by atoms with Gasteiger partial charge in [-0.3, -0.25) is 0 Å². The number of likely N-dealkylation sites (N-methyl/N-ethyl adjacent to an activating group) is 1. The number of ether oxygens (including phenoxy) is 1. The van der Waals surface area contributed by atoms with Gasteiger partial charge in [-0.25, -0.2) is 0 Å². The highest BCUT2D eigenvalue weighted by atomic mass is 16.5. The van der Waals surface area contributed by atoms with Crippen LogP contribution in [-0.2, 0) is 4.74 Å². The van der Waals surface area contributed by atoms with E-state index >= 15 is 0 Å². The average Bonchev–Trinajstić information content (AvgIpc) is 1.77. The average molecular weight is 115 g/mol. The van der Waals surface area contributed by atoms with Crippen LogP contribution in [0.3, 0.4) is 0 Å². The van der Waals surface area contributed by atoms with Gasteiger partial charge in [0.05, 0.1) is 0 Å². The molecule has 2 nitrogen and oxygen atoms in total. The SMILES string of the molecule is CC1COCC[N+]1C. The molecule has 0 spiro atoms. The summed E-state index contributed by atoms with van der Waals surface area (Å²) in [6.07, 6.45) is 0. The fourth-order valence-corrected chi connectivity index (χ4v) is 0.810. The maximum absolute atomic E-state index is 5.21. The molecule has 1 heterocycles. The van der Waals surface area contributed by atoms with Gasteiger partial charge in [0, 0.05) is 0 Å². The number of rotatable bonds is 0. The van der Waals surface area contributed by atoms with E-state index in [0.29, 0.717) is 6.04 Å². The molecule has 0 N–H and O–H groups in total. The molecule has 1 unspecified atom stereocenters. The zero-order valence-corrected chi connectivity index (χ0v) is 5.55. The second kappa shape index (κ2) is 2.46. The van der Waals surface area contributed by atoms with E-state index in [-0.39, 0.29) is 0 Å². The molecule has 0 bridgehead atoms. The lowest BCUT2D eigenvalue weighted by Crippen LogP contribution is -2.45. The molecule has 2 heteroatoms. The lowest BCUT2D eigenvalue weighted by atomic mass is 10.3. The minimum absolute atomic E-state index is 0.615. The van der Waals surface area contributed by atoms with Crippen molar-refractivity contribution >= 4 is 0 Å². The van der Waals surface area contributed by atoms with E-state index < -0.39 is 0 Å². The molecule has 0 amide bonds. The third kappa shape index (κ3) is 1.20. The molecule has 0 aliphatic carbocycles. The van der Waals surface area contributed by atoms with Gasteiger partial charge in [0.25, 0.3) is 0 Å². The molecule has 0 aromatic heterocycles. The van der Waals surface area contributed by atoms with E-state index in [1.165, 1.54) is 0 Å². The van der Waals surface area contributed by atoms with Gasteiger partial charge < -0.3 is 4.74 Å². The minimum atomic E-state index is 0.615. The van der Waals surface area contributed by atoms with Crippen LogP contribution >= 0.6 is 0 Å². The Bertz CT molecular complexity index is 64.9. The Hall–Kier alpha value is -0.0800. The summed E-state index contributed by atoms with van der Waals surface area (Å²) in [7, 11) is 2.13. The molecule has 0 aromatic rings. The van der Waals surface area contributed by atoms with E-state index in [1.807, 2.05) is 0 Å². The lowest BCUT2D eigenvalue weighted by Gasteiger charge is -2.19. The molecule has 1 aliphatic rings. The maximum atomic E-state index is 5.21. The topological polar surface area (TPSA) is 15.1 Å². The van der Waals surface area contributed by atoms with Crippen LogP contribution in [0.25, 0.3) is 0 Å². The van der Waals surface area contributed by atoms with Crippen LogP contribution in [0.5, 0.6) is 0 Å². The van der Waals surface area contributed by atoms with Gasteiger partial charge >= 0.3 is 0 Å². The molecule has 1 fully saturated rings. The Labute approximate surface area is 50.4 Å². The van der Waals surface area contributed by atoms with Crippen molar-refractivity contribution in [2.24, 2.45) is 0 Å². The Kier molecular flexibility index (Phi) is 1.86. The van der Waals surface area contributed by atoms with Crippen LogP contribution in [0.1, 0.15) is 6.92 Å². The Morgan fingerprint density at radius 2 is 2.38 bits per heavy atom. The summed E-state index contributed by atoms with van der Waals surface area (Å²) < 4.78 is 5.21. The first-order valence-electron chi connectivity index (χ1n) is 3.08. The zero-order chi connectivity index (χ0) is 5.98. The number of hydrogen-bond acceptors (Lipinski definition) is 2. The summed E-state index contributed by atoms with van der Waals surface area (Å²) in [5, 5.41) is 0. The Morgan fingerprint density at radius 3 is 2.75 bits per heavy atom. The fourth-order valence-electron chi connectivity index (χ4n) is 0.810. The standard InChI is InChI=1S/C6H13NO/c1-6-5-8-4-3-7(6)2/h6H,3-5H2,1-2H3/q+1. The van der Waals surface area contributed by atoms with E-state index in [9.17, 15) is 0 Å². The van der Waals surface area contributed by atoms with Crippen molar-refractivity contribution in [1.82, 2.24) is 4.90 Å². The van der Waals surface area contributed by atoms with Crippen LogP contribution in [0.4, 0.5) is 0 Å². The number of morpholine rings is 1. The van der Waals surface area contributed by atoms with Crippen molar-refractivity contribution in [3.8, 4) is 0 Å². The molecular weight excluding hydrogens is 102 g/mol. The van der Waals surface area contributed by atoms with Crippen molar-refractivity contribution in [2.75, 3.05) is 26.8 Å². The van der Waals surface area contributed by atoms with Gasteiger partial charge in [-0.2, -0.15) is 4.90 Å². The summed E-state index contributed by atoms with van der Waals surface area (Å²) >= 11 is 0. The predicted molar refractivity (Wildman–Crippen MR) is 33.2 cm³/mol. The summed E-state index contributed by atoms with van der Waals surface area (Å²) in [5.41, 5.74) is 0. The van der Waals surface area contributed by atoms with E-state index in [2.05, 4.69) is 18.9 Å². The molecule has 1 radical (unpaired) electrons. The third-order valence-electron chi connectivity index (χ3n) is 1.70.